The molecule has 53 valence electrons. The summed E-state index contributed by atoms with van der Waals surface area (Å²) in [5, 5.41) is 7.89. The predicted molar refractivity (Wildman–Crippen MR) is 26.1 cm³/mol. The molecular formula is C4H8CuO3. The summed E-state index contributed by atoms with van der Waals surface area (Å²) in [4.78, 5) is 9.60. The molecule has 0 saturated heterocycles. The molecule has 0 aromatic rings. The van der Waals surface area contributed by atoms with Crippen molar-refractivity contribution in [3.8, 4) is 0 Å². The minimum absolute atomic E-state index is 0. The Morgan fingerprint density at radius 2 is 1.75 bits per heavy atom. The van der Waals surface area contributed by atoms with E-state index in [-0.39, 0.29) is 28.1 Å². The normalized spacial score (nSPS) is 5.62. The number of hydrogen-bond donors (Lipinski definition) is 1. The first-order valence-corrected chi connectivity index (χ1v) is 1.53. The molecule has 0 atom stereocenters. The van der Waals surface area contributed by atoms with Gasteiger partial charge in [0.15, 0.2) is 0 Å². The van der Waals surface area contributed by atoms with Crippen LogP contribution in [0.3, 0.4) is 0 Å². The van der Waals surface area contributed by atoms with Crippen LogP contribution in [0.4, 0.5) is 0 Å². The average molecular weight is 168 g/mol. The molecule has 0 heterocycles. The van der Waals surface area contributed by atoms with Crippen molar-refractivity contribution in [2.24, 2.45) is 0 Å². The van der Waals surface area contributed by atoms with Crippen molar-refractivity contribution in [3.63, 3.8) is 0 Å². The number of hydrogen-bond acceptors (Lipinski definition) is 1. The summed E-state index contributed by atoms with van der Waals surface area (Å²) in [5.74, 6) is -0.935. The summed E-state index contributed by atoms with van der Waals surface area (Å²) < 4.78 is 0. The Labute approximate surface area is 58.2 Å². The molecule has 0 spiro atoms. The number of aliphatic carboxylic acids is 1. The second-order valence-electron chi connectivity index (χ2n) is 1.09. The van der Waals surface area contributed by atoms with E-state index in [0.717, 1.165) is 0 Å². The number of rotatable bonds is 1. The van der Waals surface area contributed by atoms with Gasteiger partial charge in [0.05, 0.1) is 0 Å². The fourth-order valence-corrected chi connectivity index (χ4v) is 0. The number of carboxylic acids is 1. The standard InChI is InChI=1S/C4H6O2.Cu.H2O/c1-3(2)4(5)6;;/h1H2,2H3,(H,5,6);;1H2. The van der Waals surface area contributed by atoms with Crippen LogP contribution < -0.4 is 0 Å². The Kier molecular flexibility index (Phi) is 13.1. The Morgan fingerprint density at radius 3 is 1.75 bits per heavy atom. The Balaban J connectivity index is -0.000000125. The van der Waals surface area contributed by atoms with Gasteiger partial charge in [0.2, 0.25) is 0 Å². The van der Waals surface area contributed by atoms with Crippen molar-refractivity contribution >= 4 is 5.97 Å². The van der Waals surface area contributed by atoms with Gasteiger partial charge in [-0.1, -0.05) is 6.58 Å². The molecule has 0 aromatic carbocycles. The first-order valence-electron chi connectivity index (χ1n) is 1.53. The fraction of sp³-hybridized carbons (Fsp3) is 0.250. The molecule has 1 radical (unpaired) electrons. The average Bonchev–Trinajstić information content (AvgIpc) is 1.36. The topological polar surface area (TPSA) is 68.8 Å². The molecule has 0 aliphatic carbocycles. The van der Waals surface area contributed by atoms with Crippen LogP contribution in [0.1, 0.15) is 6.92 Å². The molecule has 0 aromatic heterocycles. The van der Waals surface area contributed by atoms with Crippen LogP contribution in [-0.4, -0.2) is 16.6 Å². The smallest absolute Gasteiger partial charge is 0.330 e. The maximum absolute atomic E-state index is 9.60. The third-order valence-corrected chi connectivity index (χ3v) is 0.365. The molecule has 0 unspecified atom stereocenters. The Bertz CT molecular complexity index is 77.3. The number of carboxylic acid groups (broad SMARTS) is 1. The summed E-state index contributed by atoms with van der Waals surface area (Å²) in [6.45, 7) is 4.60. The summed E-state index contributed by atoms with van der Waals surface area (Å²) in [6.07, 6.45) is 0. The Morgan fingerprint density at radius 1 is 1.62 bits per heavy atom. The molecule has 8 heavy (non-hydrogen) atoms. The van der Waals surface area contributed by atoms with Crippen LogP contribution in [-0.2, 0) is 21.9 Å². The maximum Gasteiger partial charge on any atom is 0.330 e. The van der Waals surface area contributed by atoms with E-state index >= 15 is 0 Å². The molecular weight excluding hydrogens is 160 g/mol. The largest absolute Gasteiger partial charge is 0.478 e. The second kappa shape index (κ2) is 6.69. The molecule has 4 heteroatoms. The van der Waals surface area contributed by atoms with Gasteiger partial charge in [-0.15, -0.1) is 0 Å². The van der Waals surface area contributed by atoms with E-state index in [1.165, 1.54) is 6.92 Å². The molecule has 0 aliphatic heterocycles. The summed E-state index contributed by atoms with van der Waals surface area (Å²) in [6, 6.07) is 0. The van der Waals surface area contributed by atoms with E-state index in [0.29, 0.717) is 0 Å². The molecule has 0 fully saturated rings. The Hall–Kier alpha value is -0.311. The third-order valence-electron chi connectivity index (χ3n) is 0.365. The molecule has 0 saturated carbocycles. The predicted octanol–water partition coefficient (Wildman–Crippen LogP) is -0.180. The zero-order chi connectivity index (χ0) is 5.15. The van der Waals surface area contributed by atoms with Gasteiger partial charge in [-0.05, 0) is 6.92 Å². The van der Waals surface area contributed by atoms with Crippen LogP contribution in [0.25, 0.3) is 0 Å². The fourth-order valence-electron chi connectivity index (χ4n) is 0. The van der Waals surface area contributed by atoms with E-state index in [9.17, 15) is 4.79 Å². The number of carbonyl (C=O) groups is 1. The quantitative estimate of drug-likeness (QED) is 0.435. The van der Waals surface area contributed by atoms with Crippen molar-refractivity contribution < 1.29 is 32.4 Å². The zero-order valence-corrected chi connectivity index (χ0v) is 5.31. The van der Waals surface area contributed by atoms with E-state index in [4.69, 9.17) is 5.11 Å². The summed E-state index contributed by atoms with van der Waals surface area (Å²) in [5.41, 5.74) is 0.176. The monoisotopic (exact) mass is 167 g/mol. The van der Waals surface area contributed by atoms with Gasteiger partial charge in [0.25, 0.3) is 0 Å². The zero-order valence-electron chi connectivity index (χ0n) is 4.36. The summed E-state index contributed by atoms with van der Waals surface area (Å²) in [7, 11) is 0. The van der Waals surface area contributed by atoms with Crippen molar-refractivity contribution in [2.75, 3.05) is 0 Å². The van der Waals surface area contributed by atoms with E-state index in [1.807, 2.05) is 0 Å². The van der Waals surface area contributed by atoms with Gasteiger partial charge in [-0.3, -0.25) is 0 Å². The van der Waals surface area contributed by atoms with E-state index in [2.05, 4.69) is 6.58 Å². The van der Waals surface area contributed by atoms with E-state index in [1.54, 1.807) is 0 Å². The first-order chi connectivity index (χ1) is 2.64. The van der Waals surface area contributed by atoms with Gasteiger partial charge in [0, 0.05) is 22.6 Å². The van der Waals surface area contributed by atoms with Gasteiger partial charge in [-0.25, -0.2) is 4.79 Å². The van der Waals surface area contributed by atoms with Crippen molar-refractivity contribution in [2.45, 2.75) is 6.92 Å². The molecule has 0 rings (SSSR count). The van der Waals surface area contributed by atoms with Gasteiger partial charge in [-0.2, -0.15) is 0 Å². The van der Waals surface area contributed by atoms with Crippen molar-refractivity contribution in [1.82, 2.24) is 0 Å². The van der Waals surface area contributed by atoms with Crippen LogP contribution >= 0.6 is 0 Å². The third kappa shape index (κ3) is 9.19. The van der Waals surface area contributed by atoms with Crippen LogP contribution in [0.2, 0.25) is 0 Å². The molecule has 3 N–H and O–H groups in total. The molecule has 0 bridgehead atoms. The van der Waals surface area contributed by atoms with Crippen LogP contribution in [0.15, 0.2) is 12.2 Å². The second-order valence-corrected chi connectivity index (χ2v) is 1.09. The van der Waals surface area contributed by atoms with Crippen LogP contribution in [0.5, 0.6) is 0 Å². The van der Waals surface area contributed by atoms with Gasteiger partial charge < -0.3 is 10.6 Å². The maximum atomic E-state index is 9.60. The first kappa shape index (κ1) is 15.6. The van der Waals surface area contributed by atoms with Crippen LogP contribution in [0, 0.1) is 0 Å². The van der Waals surface area contributed by atoms with Gasteiger partial charge >= 0.3 is 5.97 Å². The summed E-state index contributed by atoms with van der Waals surface area (Å²) >= 11 is 0. The minimum atomic E-state index is -0.935. The van der Waals surface area contributed by atoms with E-state index < -0.39 is 5.97 Å². The van der Waals surface area contributed by atoms with Crippen molar-refractivity contribution in [3.05, 3.63) is 12.2 Å². The minimum Gasteiger partial charge on any atom is -0.478 e. The molecule has 3 nitrogen and oxygen atoms in total. The SMILES string of the molecule is C=C(C)C(=O)O.O.[Cu]. The molecule has 0 amide bonds. The van der Waals surface area contributed by atoms with Gasteiger partial charge in [0.1, 0.15) is 0 Å². The van der Waals surface area contributed by atoms with Crippen molar-refractivity contribution in [1.29, 1.82) is 0 Å². The molecule has 0 aliphatic rings.